The molecule has 0 saturated heterocycles. The Kier molecular flexibility index (Phi) is 15.9. The van der Waals surface area contributed by atoms with Crippen LogP contribution in [0.4, 0.5) is 0 Å². The van der Waals surface area contributed by atoms with Crippen molar-refractivity contribution in [1.82, 2.24) is 19.9 Å². The number of halogens is 1. The molecule has 2 aromatic heterocycles. The van der Waals surface area contributed by atoms with Crippen LogP contribution in [0.1, 0.15) is 32.4 Å². The van der Waals surface area contributed by atoms with Gasteiger partial charge in [0.25, 0.3) is 0 Å². The van der Waals surface area contributed by atoms with Crippen LogP contribution in [0.2, 0.25) is 5.15 Å². The zero-order valence-electron chi connectivity index (χ0n) is 14.6. The van der Waals surface area contributed by atoms with Gasteiger partial charge in [0, 0.05) is 30.4 Å². The summed E-state index contributed by atoms with van der Waals surface area (Å²) in [7, 11) is 0. The summed E-state index contributed by atoms with van der Waals surface area (Å²) in [5.74, 6) is 10.1. The molecule has 25 heavy (non-hydrogen) atoms. The second kappa shape index (κ2) is 16.5. The predicted octanol–water partition coefficient (Wildman–Crippen LogP) is 2.89. The molecule has 0 fully saturated rings. The van der Waals surface area contributed by atoms with Crippen molar-refractivity contribution in [2.45, 2.75) is 43.5 Å². The van der Waals surface area contributed by atoms with Crippen LogP contribution in [0.25, 0.3) is 0 Å². The maximum atomic E-state index is 5.66. The summed E-state index contributed by atoms with van der Waals surface area (Å²) in [4.78, 5) is 16.4. The second-order valence-corrected chi connectivity index (χ2v) is 6.90. The first-order chi connectivity index (χ1) is 12.2. The molecule has 0 aromatic carbocycles. The van der Waals surface area contributed by atoms with Gasteiger partial charge in [-0.2, -0.15) is 0 Å². The minimum atomic E-state index is 0.488. The molecule has 0 aliphatic heterocycles. The molecule has 2 aromatic rings. The minimum absolute atomic E-state index is 0.488. The normalized spacial score (nSPS) is 9.52. The molecule has 0 radical (unpaired) electrons. The van der Waals surface area contributed by atoms with Gasteiger partial charge in [-0.05, 0) is 25.0 Å². The third kappa shape index (κ3) is 12.1. The molecule has 2 rings (SSSR count). The number of aromatic nitrogens is 4. The second-order valence-electron chi connectivity index (χ2n) is 4.39. The minimum Gasteiger partial charge on any atom is -0.325 e. The monoisotopic (exact) mass is 403 g/mol. The van der Waals surface area contributed by atoms with Crippen LogP contribution in [0.3, 0.4) is 0 Å². The summed E-state index contributed by atoms with van der Waals surface area (Å²) >= 11 is 8.96. The maximum absolute atomic E-state index is 5.66. The standard InChI is InChI=1S/C8H13N3S.C7H9ClN2S.H4N2/c1-2-5-12-8-10-4-3-7(6-9)11-8;1-2-5-11-7-9-4-3-6(8)10-7;1-2/h3-4H,2,5-6,9H2,1H3;3-4H,2,5H2,1H3;1-2H2. The molecule has 0 bridgehead atoms. The zero-order chi connectivity index (χ0) is 18.9. The number of hydrazine groups is 1. The third-order valence-corrected chi connectivity index (χ3v) is 4.72. The highest BCUT2D eigenvalue weighted by atomic mass is 35.5. The van der Waals surface area contributed by atoms with E-state index in [1.54, 1.807) is 42.0 Å². The number of hydrogen-bond acceptors (Lipinski definition) is 9. The summed E-state index contributed by atoms with van der Waals surface area (Å²) < 4.78 is 0. The van der Waals surface area contributed by atoms with E-state index in [0.29, 0.717) is 11.7 Å². The highest BCUT2D eigenvalue weighted by Crippen LogP contribution is 2.15. The Labute approximate surface area is 162 Å². The van der Waals surface area contributed by atoms with E-state index in [2.05, 4.69) is 45.5 Å². The number of nitrogens with two attached hydrogens (primary N) is 3. The maximum Gasteiger partial charge on any atom is 0.188 e. The number of hydrogen-bond donors (Lipinski definition) is 3. The van der Waals surface area contributed by atoms with Crippen molar-refractivity contribution >= 4 is 35.1 Å². The van der Waals surface area contributed by atoms with Gasteiger partial charge in [0.2, 0.25) is 0 Å². The summed E-state index contributed by atoms with van der Waals surface area (Å²) in [6.07, 6.45) is 5.70. The molecule has 0 aliphatic rings. The first-order valence-corrected chi connectivity index (χ1v) is 10.1. The van der Waals surface area contributed by atoms with Crippen molar-refractivity contribution < 1.29 is 0 Å². The smallest absolute Gasteiger partial charge is 0.188 e. The molecule has 6 N–H and O–H groups in total. The first-order valence-electron chi connectivity index (χ1n) is 7.79. The van der Waals surface area contributed by atoms with Crippen LogP contribution >= 0.6 is 35.1 Å². The lowest BCUT2D eigenvalue weighted by Crippen LogP contribution is -2.02. The molecule has 0 atom stereocenters. The van der Waals surface area contributed by atoms with E-state index in [1.165, 1.54) is 0 Å². The van der Waals surface area contributed by atoms with Gasteiger partial charge < -0.3 is 5.73 Å². The Morgan fingerprint density at radius 1 is 0.920 bits per heavy atom. The Morgan fingerprint density at radius 3 is 1.92 bits per heavy atom. The van der Waals surface area contributed by atoms with E-state index in [0.717, 1.165) is 40.4 Å². The van der Waals surface area contributed by atoms with Crippen molar-refractivity contribution in [3.8, 4) is 0 Å². The lowest BCUT2D eigenvalue weighted by molar-refractivity contribution is 0.873. The van der Waals surface area contributed by atoms with Crippen LogP contribution in [0, 0.1) is 0 Å². The van der Waals surface area contributed by atoms with E-state index < -0.39 is 0 Å². The van der Waals surface area contributed by atoms with Crippen molar-refractivity contribution in [1.29, 1.82) is 0 Å². The van der Waals surface area contributed by atoms with Crippen molar-refractivity contribution in [2.75, 3.05) is 11.5 Å². The van der Waals surface area contributed by atoms with Gasteiger partial charge in [-0.3, -0.25) is 11.7 Å². The van der Waals surface area contributed by atoms with E-state index in [1.807, 2.05) is 6.07 Å². The molecular formula is C15H26ClN7S2. The average Bonchev–Trinajstić information content (AvgIpc) is 2.67. The van der Waals surface area contributed by atoms with Crippen molar-refractivity contribution in [2.24, 2.45) is 17.4 Å². The fourth-order valence-electron chi connectivity index (χ4n) is 1.34. The van der Waals surface area contributed by atoms with Gasteiger partial charge >= 0.3 is 0 Å². The molecule has 10 heteroatoms. The zero-order valence-corrected chi connectivity index (χ0v) is 16.9. The molecule has 0 spiro atoms. The molecule has 0 saturated carbocycles. The quantitative estimate of drug-likeness (QED) is 0.210. The Bertz CT molecular complexity index is 575. The van der Waals surface area contributed by atoms with E-state index in [9.17, 15) is 0 Å². The Hall–Kier alpha value is -0.970. The lowest BCUT2D eigenvalue weighted by Gasteiger charge is -1.99. The fraction of sp³-hybridized carbons (Fsp3) is 0.467. The van der Waals surface area contributed by atoms with Gasteiger partial charge in [0.05, 0.1) is 5.69 Å². The third-order valence-electron chi connectivity index (χ3n) is 2.37. The summed E-state index contributed by atoms with van der Waals surface area (Å²) in [6, 6.07) is 3.52. The molecule has 0 unspecified atom stereocenters. The number of thioether (sulfide) groups is 2. The van der Waals surface area contributed by atoms with Crippen LogP contribution in [-0.4, -0.2) is 31.4 Å². The molecule has 2 heterocycles. The van der Waals surface area contributed by atoms with Gasteiger partial charge in [-0.15, -0.1) is 0 Å². The SMILES string of the molecule is CCCSc1nccc(CN)n1.CCCSc1nccc(Cl)n1.NN. The fourth-order valence-corrected chi connectivity index (χ4v) is 2.91. The van der Waals surface area contributed by atoms with Crippen LogP contribution in [0.15, 0.2) is 34.8 Å². The first kappa shape index (κ1) is 24.0. The molecule has 140 valence electrons. The molecule has 7 nitrogen and oxygen atoms in total. The van der Waals surface area contributed by atoms with Crippen LogP contribution in [0.5, 0.6) is 0 Å². The largest absolute Gasteiger partial charge is 0.325 e. The lowest BCUT2D eigenvalue weighted by atomic mass is 10.4. The molecular weight excluding hydrogens is 378 g/mol. The average molecular weight is 404 g/mol. The highest BCUT2D eigenvalue weighted by Gasteiger charge is 1.97. The Balaban J connectivity index is 0.000000421. The molecule has 0 aliphatic carbocycles. The van der Waals surface area contributed by atoms with Gasteiger partial charge in [-0.1, -0.05) is 49.0 Å². The number of nitrogens with zero attached hydrogens (tertiary/aromatic N) is 4. The van der Waals surface area contributed by atoms with E-state index >= 15 is 0 Å². The predicted molar refractivity (Wildman–Crippen MR) is 107 cm³/mol. The molecule has 0 amide bonds. The number of rotatable bonds is 7. The van der Waals surface area contributed by atoms with E-state index in [-0.39, 0.29) is 0 Å². The summed E-state index contributed by atoms with van der Waals surface area (Å²) in [5.41, 5.74) is 6.35. The van der Waals surface area contributed by atoms with Gasteiger partial charge in [0.1, 0.15) is 5.15 Å². The van der Waals surface area contributed by atoms with Crippen molar-refractivity contribution in [3.63, 3.8) is 0 Å². The van der Waals surface area contributed by atoms with Gasteiger partial charge in [-0.25, -0.2) is 19.9 Å². The van der Waals surface area contributed by atoms with Crippen LogP contribution in [-0.2, 0) is 6.54 Å². The highest BCUT2D eigenvalue weighted by molar-refractivity contribution is 7.99. The van der Waals surface area contributed by atoms with E-state index in [4.69, 9.17) is 17.3 Å². The van der Waals surface area contributed by atoms with Crippen molar-refractivity contribution in [3.05, 3.63) is 35.4 Å². The summed E-state index contributed by atoms with van der Waals surface area (Å²) in [6.45, 7) is 4.75. The Morgan fingerprint density at radius 2 is 1.44 bits per heavy atom. The van der Waals surface area contributed by atoms with Gasteiger partial charge in [0.15, 0.2) is 10.3 Å². The summed E-state index contributed by atoms with van der Waals surface area (Å²) in [5, 5.41) is 2.11. The topological polar surface area (TPSA) is 130 Å². The van der Waals surface area contributed by atoms with Crippen LogP contribution < -0.4 is 17.4 Å².